The summed E-state index contributed by atoms with van der Waals surface area (Å²) in [6.07, 6.45) is 0. The Labute approximate surface area is 125 Å². The van der Waals surface area contributed by atoms with Crippen LogP contribution in [0.5, 0.6) is 11.5 Å². The Bertz CT molecular complexity index is 586. The minimum absolute atomic E-state index is 0.0979. The van der Waals surface area contributed by atoms with Crippen molar-refractivity contribution in [3.63, 3.8) is 0 Å². The Hall–Kier alpha value is -1.56. The molecule has 0 spiro atoms. The number of ether oxygens (including phenoxy) is 2. The number of carbonyl (C=O) groups is 1. The van der Waals surface area contributed by atoms with Crippen molar-refractivity contribution in [1.82, 2.24) is 0 Å². The van der Waals surface area contributed by atoms with E-state index in [4.69, 9.17) is 9.47 Å². The van der Waals surface area contributed by atoms with Gasteiger partial charge in [-0.25, -0.2) is 0 Å². The van der Waals surface area contributed by atoms with Gasteiger partial charge in [0.25, 0.3) is 0 Å². The van der Waals surface area contributed by atoms with E-state index in [1.807, 2.05) is 18.2 Å². The quantitative estimate of drug-likeness (QED) is 0.612. The van der Waals surface area contributed by atoms with Gasteiger partial charge in [-0.3, -0.25) is 4.79 Å². The molecule has 0 aliphatic carbocycles. The monoisotopic (exact) mass is 368 g/mol. The topological polar surface area (TPSA) is 35.5 Å². The van der Waals surface area contributed by atoms with E-state index in [0.717, 1.165) is 3.57 Å². The second-order valence-corrected chi connectivity index (χ2v) is 5.01. The summed E-state index contributed by atoms with van der Waals surface area (Å²) in [6, 6.07) is 12.8. The average molecular weight is 368 g/mol. The fraction of sp³-hybridized carbons (Fsp3) is 0.133. The number of hydrogen-bond acceptors (Lipinski definition) is 3. The summed E-state index contributed by atoms with van der Waals surface area (Å²) in [4.78, 5) is 12.7. The highest BCUT2D eigenvalue weighted by molar-refractivity contribution is 14.1. The van der Waals surface area contributed by atoms with E-state index in [2.05, 4.69) is 22.6 Å². The first-order valence-corrected chi connectivity index (χ1v) is 6.77. The Morgan fingerprint density at radius 3 is 2.05 bits per heavy atom. The van der Waals surface area contributed by atoms with Crippen molar-refractivity contribution in [2.24, 2.45) is 0 Å². The van der Waals surface area contributed by atoms with Crippen LogP contribution in [-0.4, -0.2) is 20.0 Å². The van der Waals surface area contributed by atoms with Gasteiger partial charge in [0.1, 0.15) is 17.1 Å². The van der Waals surface area contributed by atoms with Crippen molar-refractivity contribution in [2.45, 2.75) is 0 Å². The SMILES string of the molecule is COc1cccc(OC)c1C(=O)c1ccccc1I. The lowest BCUT2D eigenvalue weighted by Crippen LogP contribution is -2.08. The van der Waals surface area contributed by atoms with Gasteiger partial charge in [0.2, 0.25) is 5.78 Å². The van der Waals surface area contributed by atoms with Gasteiger partial charge < -0.3 is 9.47 Å². The fourth-order valence-electron chi connectivity index (χ4n) is 1.86. The lowest BCUT2D eigenvalue weighted by Gasteiger charge is -2.12. The van der Waals surface area contributed by atoms with Crippen LogP contribution in [0.25, 0.3) is 0 Å². The van der Waals surface area contributed by atoms with Crippen LogP contribution < -0.4 is 9.47 Å². The van der Waals surface area contributed by atoms with Crippen LogP contribution in [0.4, 0.5) is 0 Å². The van der Waals surface area contributed by atoms with Crippen LogP contribution in [0.2, 0.25) is 0 Å². The maximum atomic E-state index is 12.7. The minimum Gasteiger partial charge on any atom is -0.496 e. The molecule has 0 bridgehead atoms. The van der Waals surface area contributed by atoms with E-state index in [9.17, 15) is 4.79 Å². The molecule has 19 heavy (non-hydrogen) atoms. The standard InChI is InChI=1S/C15H13IO3/c1-18-12-8-5-9-13(19-2)14(12)15(17)10-6-3-4-7-11(10)16/h3-9H,1-2H3. The summed E-state index contributed by atoms with van der Waals surface area (Å²) < 4.78 is 11.4. The minimum atomic E-state index is -0.0979. The highest BCUT2D eigenvalue weighted by atomic mass is 127. The smallest absolute Gasteiger partial charge is 0.201 e. The van der Waals surface area contributed by atoms with Crippen molar-refractivity contribution >= 4 is 28.4 Å². The Kier molecular flexibility index (Phi) is 4.42. The van der Waals surface area contributed by atoms with Crippen molar-refractivity contribution in [1.29, 1.82) is 0 Å². The highest BCUT2D eigenvalue weighted by Crippen LogP contribution is 2.31. The molecular weight excluding hydrogens is 355 g/mol. The molecule has 2 aromatic rings. The number of rotatable bonds is 4. The van der Waals surface area contributed by atoms with Crippen LogP contribution in [0, 0.1) is 3.57 Å². The molecule has 0 amide bonds. The van der Waals surface area contributed by atoms with E-state index < -0.39 is 0 Å². The van der Waals surface area contributed by atoms with Gasteiger partial charge >= 0.3 is 0 Å². The molecule has 0 aliphatic heterocycles. The Morgan fingerprint density at radius 2 is 1.53 bits per heavy atom. The third-order valence-electron chi connectivity index (χ3n) is 2.77. The largest absolute Gasteiger partial charge is 0.496 e. The molecule has 0 saturated heterocycles. The third-order valence-corrected chi connectivity index (χ3v) is 3.71. The molecule has 0 saturated carbocycles. The lowest BCUT2D eigenvalue weighted by atomic mass is 10.0. The Morgan fingerprint density at radius 1 is 0.947 bits per heavy atom. The zero-order valence-corrected chi connectivity index (χ0v) is 12.8. The fourth-order valence-corrected chi connectivity index (χ4v) is 2.49. The first-order valence-electron chi connectivity index (χ1n) is 5.69. The molecule has 4 heteroatoms. The normalized spacial score (nSPS) is 10.1. The van der Waals surface area contributed by atoms with E-state index in [1.165, 1.54) is 0 Å². The van der Waals surface area contributed by atoms with E-state index >= 15 is 0 Å². The van der Waals surface area contributed by atoms with E-state index in [-0.39, 0.29) is 5.78 Å². The molecule has 0 heterocycles. The second kappa shape index (κ2) is 6.06. The molecule has 2 rings (SSSR count). The molecule has 0 aromatic heterocycles. The zero-order valence-electron chi connectivity index (χ0n) is 10.6. The number of hydrogen-bond donors (Lipinski definition) is 0. The predicted molar refractivity (Wildman–Crippen MR) is 82.1 cm³/mol. The first kappa shape index (κ1) is 13.9. The van der Waals surface area contributed by atoms with Gasteiger partial charge in [0, 0.05) is 9.13 Å². The van der Waals surface area contributed by atoms with Crippen molar-refractivity contribution in [3.05, 3.63) is 57.2 Å². The summed E-state index contributed by atoms with van der Waals surface area (Å²) >= 11 is 2.15. The molecule has 0 N–H and O–H groups in total. The van der Waals surface area contributed by atoms with Gasteiger partial charge in [-0.2, -0.15) is 0 Å². The second-order valence-electron chi connectivity index (χ2n) is 3.85. The van der Waals surface area contributed by atoms with Gasteiger partial charge in [-0.05, 0) is 46.9 Å². The summed E-state index contributed by atoms with van der Waals surface area (Å²) in [6.45, 7) is 0. The summed E-state index contributed by atoms with van der Waals surface area (Å²) in [5, 5.41) is 0. The number of halogens is 1. The first-order chi connectivity index (χ1) is 9.19. The van der Waals surface area contributed by atoms with Crippen LogP contribution in [-0.2, 0) is 0 Å². The van der Waals surface area contributed by atoms with Gasteiger partial charge in [0.15, 0.2) is 0 Å². The number of benzene rings is 2. The molecule has 2 aromatic carbocycles. The van der Waals surface area contributed by atoms with Crippen LogP contribution >= 0.6 is 22.6 Å². The van der Waals surface area contributed by atoms with Crippen LogP contribution in [0.15, 0.2) is 42.5 Å². The molecule has 0 unspecified atom stereocenters. The van der Waals surface area contributed by atoms with Crippen LogP contribution in [0.3, 0.4) is 0 Å². The average Bonchev–Trinajstić information content (AvgIpc) is 2.46. The van der Waals surface area contributed by atoms with Crippen LogP contribution in [0.1, 0.15) is 15.9 Å². The zero-order chi connectivity index (χ0) is 13.8. The maximum absolute atomic E-state index is 12.7. The number of carbonyl (C=O) groups excluding carboxylic acids is 1. The highest BCUT2D eigenvalue weighted by Gasteiger charge is 2.21. The molecule has 0 fully saturated rings. The third kappa shape index (κ3) is 2.73. The number of ketones is 1. The van der Waals surface area contributed by atoms with E-state index in [1.54, 1.807) is 38.5 Å². The molecule has 0 aliphatic rings. The molecule has 0 radical (unpaired) electrons. The van der Waals surface area contributed by atoms with Crippen molar-refractivity contribution < 1.29 is 14.3 Å². The summed E-state index contributed by atoms with van der Waals surface area (Å²) in [5.41, 5.74) is 1.10. The van der Waals surface area contributed by atoms with Gasteiger partial charge in [0.05, 0.1) is 14.2 Å². The molecule has 0 atom stereocenters. The van der Waals surface area contributed by atoms with Crippen molar-refractivity contribution in [3.8, 4) is 11.5 Å². The van der Waals surface area contributed by atoms with Gasteiger partial charge in [-0.15, -0.1) is 0 Å². The maximum Gasteiger partial charge on any atom is 0.201 e. The summed E-state index contributed by atoms with van der Waals surface area (Å²) in [5.74, 6) is 0.937. The lowest BCUT2D eigenvalue weighted by molar-refractivity contribution is 0.103. The summed E-state index contributed by atoms with van der Waals surface area (Å²) in [7, 11) is 3.09. The Balaban J connectivity index is 2.58. The molecule has 98 valence electrons. The molecule has 3 nitrogen and oxygen atoms in total. The predicted octanol–water partition coefficient (Wildman–Crippen LogP) is 3.54. The molecular formula is C15H13IO3. The van der Waals surface area contributed by atoms with Crippen molar-refractivity contribution in [2.75, 3.05) is 14.2 Å². The van der Waals surface area contributed by atoms with Gasteiger partial charge in [-0.1, -0.05) is 18.2 Å². The van der Waals surface area contributed by atoms with E-state index in [0.29, 0.717) is 22.6 Å². The number of methoxy groups -OCH3 is 2.